The molecule has 0 aliphatic heterocycles. The highest BCUT2D eigenvalue weighted by molar-refractivity contribution is 5.92. The van der Waals surface area contributed by atoms with Crippen molar-refractivity contribution in [3.63, 3.8) is 0 Å². The summed E-state index contributed by atoms with van der Waals surface area (Å²) in [6.45, 7) is 8.84. The van der Waals surface area contributed by atoms with Gasteiger partial charge in [-0.2, -0.15) is 0 Å². The SMILES string of the molecule is Cc1ccc(Nc2nccc(C(=O)NCC(C)C)n2)cc1C. The lowest BCUT2D eigenvalue weighted by atomic mass is 10.1. The first-order valence-electron chi connectivity index (χ1n) is 7.41. The highest BCUT2D eigenvalue weighted by Gasteiger charge is 2.09. The number of rotatable bonds is 5. The average molecular weight is 298 g/mol. The van der Waals surface area contributed by atoms with Gasteiger partial charge in [0.15, 0.2) is 0 Å². The summed E-state index contributed by atoms with van der Waals surface area (Å²) in [7, 11) is 0. The molecule has 22 heavy (non-hydrogen) atoms. The van der Waals surface area contributed by atoms with Crippen molar-refractivity contribution in [2.24, 2.45) is 5.92 Å². The predicted octanol–water partition coefficient (Wildman–Crippen LogP) is 3.22. The molecule has 0 atom stereocenters. The van der Waals surface area contributed by atoms with Crippen LogP contribution in [0.1, 0.15) is 35.5 Å². The molecule has 2 rings (SSSR count). The molecule has 0 unspecified atom stereocenters. The third-order valence-corrected chi connectivity index (χ3v) is 3.32. The minimum Gasteiger partial charge on any atom is -0.350 e. The van der Waals surface area contributed by atoms with Crippen LogP contribution in [0, 0.1) is 19.8 Å². The van der Waals surface area contributed by atoms with E-state index in [1.165, 1.54) is 11.1 Å². The van der Waals surface area contributed by atoms with E-state index in [0.717, 1.165) is 5.69 Å². The fourth-order valence-corrected chi connectivity index (χ4v) is 1.88. The molecule has 0 spiro atoms. The zero-order valence-electron chi connectivity index (χ0n) is 13.5. The molecule has 0 aliphatic carbocycles. The molecule has 0 bridgehead atoms. The van der Waals surface area contributed by atoms with Crippen LogP contribution in [0.15, 0.2) is 30.5 Å². The van der Waals surface area contributed by atoms with Gasteiger partial charge in [0.05, 0.1) is 0 Å². The maximum Gasteiger partial charge on any atom is 0.270 e. The second kappa shape index (κ2) is 7.02. The van der Waals surface area contributed by atoms with Crippen molar-refractivity contribution in [1.82, 2.24) is 15.3 Å². The van der Waals surface area contributed by atoms with E-state index in [4.69, 9.17) is 0 Å². The smallest absolute Gasteiger partial charge is 0.270 e. The zero-order chi connectivity index (χ0) is 16.1. The van der Waals surface area contributed by atoms with Crippen LogP contribution in [0.4, 0.5) is 11.6 Å². The van der Waals surface area contributed by atoms with Crippen LogP contribution >= 0.6 is 0 Å². The third-order valence-electron chi connectivity index (χ3n) is 3.32. The second-order valence-electron chi connectivity index (χ2n) is 5.79. The molecular formula is C17H22N4O. The Morgan fingerprint density at radius 2 is 1.95 bits per heavy atom. The number of hydrogen-bond donors (Lipinski definition) is 2. The van der Waals surface area contributed by atoms with Gasteiger partial charge in [-0.25, -0.2) is 9.97 Å². The fraction of sp³-hybridized carbons (Fsp3) is 0.353. The van der Waals surface area contributed by atoms with Crippen LogP contribution in [0.2, 0.25) is 0 Å². The van der Waals surface area contributed by atoms with E-state index >= 15 is 0 Å². The van der Waals surface area contributed by atoms with E-state index in [1.54, 1.807) is 12.3 Å². The fourth-order valence-electron chi connectivity index (χ4n) is 1.88. The minimum atomic E-state index is -0.181. The molecule has 5 nitrogen and oxygen atoms in total. The highest BCUT2D eigenvalue weighted by Crippen LogP contribution is 2.17. The van der Waals surface area contributed by atoms with Gasteiger partial charge in [-0.3, -0.25) is 4.79 Å². The maximum absolute atomic E-state index is 12.0. The molecule has 5 heteroatoms. The number of hydrogen-bond acceptors (Lipinski definition) is 4. The first-order valence-corrected chi connectivity index (χ1v) is 7.41. The molecule has 0 aliphatic rings. The molecule has 2 aromatic rings. The van der Waals surface area contributed by atoms with Crippen molar-refractivity contribution in [2.45, 2.75) is 27.7 Å². The Hall–Kier alpha value is -2.43. The first kappa shape index (κ1) is 15.9. The lowest BCUT2D eigenvalue weighted by molar-refractivity contribution is 0.0944. The van der Waals surface area contributed by atoms with Crippen LogP contribution in [0.3, 0.4) is 0 Å². The minimum absolute atomic E-state index is 0.181. The summed E-state index contributed by atoms with van der Waals surface area (Å²) in [6, 6.07) is 7.65. The van der Waals surface area contributed by atoms with Gasteiger partial charge >= 0.3 is 0 Å². The van der Waals surface area contributed by atoms with Crippen LogP contribution < -0.4 is 10.6 Å². The summed E-state index contributed by atoms with van der Waals surface area (Å²) in [6.07, 6.45) is 1.58. The van der Waals surface area contributed by atoms with Crippen LogP contribution in [-0.4, -0.2) is 22.4 Å². The summed E-state index contributed by atoms with van der Waals surface area (Å²) in [5.74, 6) is 0.638. The quantitative estimate of drug-likeness (QED) is 0.889. The van der Waals surface area contributed by atoms with E-state index in [0.29, 0.717) is 24.1 Å². The molecule has 1 aromatic heterocycles. The summed E-state index contributed by atoms with van der Waals surface area (Å²) < 4.78 is 0. The second-order valence-corrected chi connectivity index (χ2v) is 5.79. The number of amides is 1. The summed E-state index contributed by atoms with van der Waals surface area (Å²) >= 11 is 0. The Labute approximate surface area is 131 Å². The number of benzene rings is 1. The van der Waals surface area contributed by atoms with E-state index in [9.17, 15) is 4.79 Å². The molecule has 1 amide bonds. The maximum atomic E-state index is 12.0. The van der Waals surface area contributed by atoms with Crippen LogP contribution in [0.25, 0.3) is 0 Å². The van der Waals surface area contributed by atoms with Gasteiger partial charge in [0.1, 0.15) is 5.69 Å². The summed E-state index contributed by atoms with van der Waals surface area (Å²) in [5, 5.41) is 5.98. The Balaban J connectivity index is 2.10. The molecule has 116 valence electrons. The Kier molecular flexibility index (Phi) is 5.09. The number of aryl methyl sites for hydroxylation is 2. The van der Waals surface area contributed by atoms with Crippen molar-refractivity contribution in [3.05, 3.63) is 47.3 Å². The Morgan fingerprint density at radius 3 is 2.64 bits per heavy atom. The number of carbonyl (C=O) groups excluding carboxylic acids is 1. The number of aromatic nitrogens is 2. The van der Waals surface area contributed by atoms with Crippen molar-refractivity contribution in [3.8, 4) is 0 Å². The largest absolute Gasteiger partial charge is 0.350 e. The van der Waals surface area contributed by atoms with Crippen molar-refractivity contribution >= 4 is 17.5 Å². The standard InChI is InChI=1S/C17H22N4O/c1-11(2)10-19-16(22)15-7-8-18-17(21-15)20-14-6-5-12(3)13(4)9-14/h5-9,11H,10H2,1-4H3,(H,19,22)(H,18,20,21). The highest BCUT2D eigenvalue weighted by atomic mass is 16.1. The summed E-state index contributed by atoms with van der Waals surface area (Å²) in [4.78, 5) is 20.4. The third kappa shape index (κ3) is 4.28. The number of carbonyl (C=O) groups is 1. The van der Waals surface area contributed by atoms with Gasteiger partial charge < -0.3 is 10.6 Å². The van der Waals surface area contributed by atoms with Gasteiger partial charge in [-0.05, 0) is 49.1 Å². The van der Waals surface area contributed by atoms with E-state index in [2.05, 4.69) is 34.4 Å². The molecule has 0 fully saturated rings. The van der Waals surface area contributed by atoms with Gasteiger partial charge in [-0.1, -0.05) is 19.9 Å². The van der Waals surface area contributed by atoms with Crippen molar-refractivity contribution < 1.29 is 4.79 Å². The molecule has 0 saturated heterocycles. The monoisotopic (exact) mass is 298 g/mol. The normalized spacial score (nSPS) is 10.6. The lowest BCUT2D eigenvalue weighted by Gasteiger charge is -2.09. The van der Waals surface area contributed by atoms with Gasteiger partial charge in [0.2, 0.25) is 5.95 Å². The number of nitrogens with zero attached hydrogens (tertiary/aromatic N) is 2. The van der Waals surface area contributed by atoms with Gasteiger partial charge in [0.25, 0.3) is 5.91 Å². The summed E-state index contributed by atoms with van der Waals surface area (Å²) in [5.41, 5.74) is 3.69. The Bertz CT molecular complexity index is 667. The number of nitrogens with one attached hydrogen (secondary N) is 2. The molecule has 2 N–H and O–H groups in total. The van der Waals surface area contributed by atoms with E-state index in [-0.39, 0.29) is 5.91 Å². The topological polar surface area (TPSA) is 66.9 Å². The lowest BCUT2D eigenvalue weighted by Crippen LogP contribution is -2.28. The van der Waals surface area contributed by atoms with Crippen LogP contribution in [-0.2, 0) is 0 Å². The van der Waals surface area contributed by atoms with Gasteiger partial charge in [-0.15, -0.1) is 0 Å². The molecule has 0 radical (unpaired) electrons. The van der Waals surface area contributed by atoms with E-state index < -0.39 is 0 Å². The van der Waals surface area contributed by atoms with E-state index in [1.807, 2.05) is 32.0 Å². The predicted molar refractivity (Wildman–Crippen MR) is 88.4 cm³/mol. The zero-order valence-corrected chi connectivity index (χ0v) is 13.5. The molecule has 0 saturated carbocycles. The number of anilines is 2. The van der Waals surface area contributed by atoms with Crippen molar-refractivity contribution in [2.75, 3.05) is 11.9 Å². The average Bonchev–Trinajstić information content (AvgIpc) is 2.49. The van der Waals surface area contributed by atoms with Crippen LogP contribution in [0.5, 0.6) is 0 Å². The van der Waals surface area contributed by atoms with Crippen molar-refractivity contribution in [1.29, 1.82) is 0 Å². The van der Waals surface area contributed by atoms with Gasteiger partial charge in [0, 0.05) is 18.4 Å². The Morgan fingerprint density at radius 1 is 1.18 bits per heavy atom. The first-order chi connectivity index (χ1) is 10.5. The molecular weight excluding hydrogens is 276 g/mol. The molecule has 1 aromatic carbocycles. The molecule has 1 heterocycles.